The van der Waals surface area contributed by atoms with Gasteiger partial charge in [-0.15, -0.1) is 0 Å². The largest absolute Gasteiger partial charge is 0.431 e. The molecule has 1 aromatic heterocycles. The molecule has 0 aliphatic heterocycles. The highest BCUT2D eigenvalue weighted by Gasteiger charge is 2.35. The molecule has 2 aromatic rings. The van der Waals surface area contributed by atoms with E-state index in [4.69, 9.17) is 16.9 Å². The number of anilines is 1. The van der Waals surface area contributed by atoms with E-state index in [1.54, 1.807) is 0 Å². The van der Waals surface area contributed by atoms with Gasteiger partial charge in [0.05, 0.1) is 22.5 Å². The number of rotatable bonds is 4. The van der Waals surface area contributed by atoms with Gasteiger partial charge in [-0.05, 0) is 18.2 Å². The van der Waals surface area contributed by atoms with Crippen LogP contribution in [0.15, 0.2) is 33.9 Å². The van der Waals surface area contributed by atoms with E-state index >= 15 is 0 Å². The quantitative estimate of drug-likeness (QED) is 0.801. The monoisotopic (exact) mass is 422 g/mol. The van der Waals surface area contributed by atoms with Crippen LogP contribution >= 0.6 is 11.6 Å². The van der Waals surface area contributed by atoms with Crippen LogP contribution in [-0.2, 0) is 23.2 Å². The van der Waals surface area contributed by atoms with Crippen molar-refractivity contribution in [2.75, 3.05) is 10.5 Å². The summed E-state index contributed by atoms with van der Waals surface area (Å²) in [5, 5.41) is 8.38. The first-order valence-electron chi connectivity index (χ1n) is 6.95. The predicted molar refractivity (Wildman–Crippen MR) is 90.3 cm³/mol. The molecular weight excluding hydrogens is 413 g/mol. The molecule has 0 atom stereocenters. The van der Waals surface area contributed by atoms with Crippen LogP contribution in [0.3, 0.4) is 0 Å². The van der Waals surface area contributed by atoms with E-state index in [0.29, 0.717) is 4.57 Å². The maximum Gasteiger partial charge on any atom is 0.431 e. The van der Waals surface area contributed by atoms with Gasteiger partial charge in [0.1, 0.15) is 5.69 Å². The van der Waals surface area contributed by atoms with Crippen molar-refractivity contribution in [1.82, 2.24) is 9.13 Å². The van der Waals surface area contributed by atoms with Crippen LogP contribution in [0.5, 0.6) is 0 Å². The van der Waals surface area contributed by atoms with Gasteiger partial charge < -0.3 is 0 Å². The topological polar surface area (TPSA) is 114 Å². The van der Waals surface area contributed by atoms with Crippen molar-refractivity contribution >= 4 is 27.3 Å². The van der Waals surface area contributed by atoms with Crippen LogP contribution in [0.4, 0.5) is 18.9 Å². The van der Waals surface area contributed by atoms with Crippen molar-refractivity contribution in [2.45, 2.75) is 6.18 Å². The number of nitrogens with zero attached hydrogens (tertiary/aromatic N) is 3. The first kappa shape index (κ1) is 20.5. The second-order valence-electron chi connectivity index (χ2n) is 5.23. The van der Waals surface area contributed by atoms with Gasteiger partial charge in [-0.25, -0.2) is 17.8 Å². The van der Waals surface area contributed by atoms with Crippen LogP contribution in [0.2, 0.25) is 5.02 Å². The van der Waals surface area contributed by atoms with E-state index < -0.39 is 38.9 Å². The Kier molecular flexibility index (Phi) is 5.39. The Morgan fingerprint density at radius 3 is 2.44 bits per heavy atom. The molecule has 0 saturated carbocycles. The average Bonchev–Trinajstić information content (AvgIpc) is 2.52. The number of nitrogens with one attached hydrogen (secondary N) is 1. The minimum absolute atomic E-state index is 0.114. The van der Waals surface area contributed by atoms with Crippen LogP contribution in [0, 0.1) is 11.3 Å². The number of sulfonamides is 1. The highest BCUT2D eigenvalue weighted by Crippen LogP contribution is 2.28. The molecule has 0 radical (unpaired) electrons. The highest BCUT2D eigenvalue weighted by atomic mass is 35.5. The van der Waals surface area contributed by atoms with E-state index in [-0.39, 0.29) is 27.0 Å². The van der Waals surface area contributed by atoms with Crippen molar-refractivity contribution < 1.29 is 21.6 Å². The van der Waals surface area contributed by atoms with Gasteiger partial charge in [-0.3, -0.25) is 14.1 Å². The molecule has 27 heavy (non-hydrogen) atoms. The summed E-state index contributed by atoms with van der Waals surface area (Å²) in [6.07, 6.45) is -4.91. The summed E-state index contributed by atoms with van der Waals surface area (Å²) in [5.41, 5.74) is -4.45. The van der Waals surface area contributed by atoms with E-state index in [1.807, 2.05) is 4.72 Å². The summed E-state index contributed by atoms with van der Waals surface area (Å²) in [7, 11) is -3.23. The number of hydrogen-bond acceptors (Lipinski definition) is 5. The second-order valence-corrected chi connectivity index (χ2v) is 7.36. The lowest BCUT2D eigenvalue weighted by molar-refractivity contribution is -0.144. The molecule has 13 heteroatoms. The van der Waals surface area contributed by atoms with Crippen LogP contribution in [0.1, 0.15) is 5.69 Å². The molecule has 1 N–H and O–H groups in total. The summed E-state index contributed by atoms with van der Waals surface area (Å²) >= 11 is 5.86. The zero-order valence-electron chi connectivity index (χ0n) is 13.4. The molecule has 0 unspecified atom stereocenters. The van der Waals surface area contributed by atoms with Gasteiger partial charge in [0.2, 0.25) is 10.0 Å². The smallest absolute Gasteiger partial charge is 0.292 e. The predicted octanol–water partition coefficient (Wildman–Crippen LogP) is 1.47. The lowest BCUT2D eigenvalue weighted by Gasteiger charge is -2.15. The highest BCUT2D eigenvalue weighted by molar-refractivity contribution is 7.92. The Morgan fingerprint density at radius 1 is 1.26 bits per heavy atom. The molecule has 1 aromatic carbocycles. The van der Waals surface area contributed by atoms with Gasteiger partial charge in [-0.2, -0.15) is 18.4 Å². The Balaban J connectivity index is 2.66. The fourth-order valence-electron chi connectivity index (χ4n) is 2.15. The third-order valence-corrected chi connectivity index (χ3v) is 4.71. The Morgan fingerprint density at radius 2 is 1.89 bits per heavy atom. The molecule has 0 bridgehead atoms. The summed E-state index contributed by atoms with van der Waals surface area (Å²) in [6, 6.07) is 4.97. The van der Waals surface area contributed by atoms with Gasteiger partial charge >= 0.3 is 11.9 Å². The fourth-order valence-corrected chi connectivity index (χ4v) is 3.12. The third kappa shape index (κ3) is 4.32. The number of hydrogen-bond donors (Lipinski definition) is 1. The summed E-state index contributed by atoms with van der Waals surface area (Å²) in [5.74, 6) is -0.879. The number of alkyl halides is 3. The Hall–Kier alpha value is -2.78. The van der Waals surface area contributed by atoms with Gasteiger partial charge in [-0.1, -0.05) is 11.6 Å². The van der Waals surface area contributed by atoms with Crippen LogP contribution in [0.25, 0.3) is 5.69 Å². The summed E-state index contributed by atoms with van der Waals surface area (Å²) in [6.45, 7) is 0. The third-order valence-electron chi connectivity index (χ3n) is 3.34. The molecule has 0 fully saturated rings. The molecule has 144 valence electrons. The average molecular weight is 423 g/mol. The molecular formula is C14H10ClF3N4O4S. The number of benzene rings is 1. The minimum Gasteiger partial charge on any atom is -0.292 e. The minimum atomic E-state index is -4.91. The molecule has 0 spiro atoms. The number of nitriles is 1. The number of aromatic nitrogens is 2. The fraction of sp³-hybridized carbons (Fsp3) is 0.214. The first-order valence-corrected chi connectivity index (χ1v) is 8.98. The maximum absolute atomic E-state index is 12.9. The van der Waals surface area contributed by atoms with Gasteiger partial charge in [0.15, 0.2) is 5.75 Å². The Labute approximate surface area is 155 Å². The lowest BCUT2D eigenvalue weighted by Crippen LogP contribution is -2.40. The van der Waals surface area contributed by atoms with E-state index in [9.17, 15) is 31.2 Å². The zero-order chi connectivity index (χ0) is 20.6. The molecule has 8 nitrogen and oxygen atoms in total. The lowest BCUT2D eigenvalue weighted by atomic mass is 10.2. The molecule has 2 rings (SSSR count). The summed E-state index contributed by atoms with van der Waals surface area (Å²) in [4.78, 5) is 24.3. The van der Waals surface area contributed by atoms with E-state index in [0.717, 1.165) is 25.2 Å². The van der Waals surface area contributed by atoms with Crippen molar-refractivity contribution in [2.24, 2.45) is 7.05 Å². The van der Waals surface area contributed by atoms with Gasteiger partial charge in [0, 0.05) is 13.1 Å². The van der Waals surface area contributed by atoms with Crippen molar-refractivity contribution in [3.05, 3.63) is 55.8 Å². The van der Waals surface area contributed by atoms with E-state index in [1.165, 1.54) is 6.07 Å². The molecule has 0 amide bonds. The van der Waals surface area contributed by atoms with Crippen molar-refractivity contribution in [3.8, 4) is 11.8 Å². The summed E-state index contributed by atoms with van der Waals surface area (Å²) < 4.78 is 64.7. The second kappa shape index (κ2) is 7.09. The molecule has 0 saturated heterocycles. The van der Waals surface area contributed by atoms with E-state index in [2.05, 4.69) is 0 Å². The molecule has 1 heterocycles. The maximum atomic E-state index is 12.9. The van der Waals surface area contributed by atoms with Gasteiger partial charge in [0.25, 0.3) is 5.56 Å². The Bertz CT molecular complexity index is 1160. The molecule has 0 aliphatic rings. The normalized spacial score (nSPS) is 11.9. The first-order chi connectivity index (χ1) is 12.4. The van der Waals surface area contributed by atoms with Crippen LogP contribution in [-0.4, -0.2) is 23.3 Å². The van der Waals surface area contributed by atoms with Crippen LogP contribution < -0.4 is 16.0 Å². The molecule has 0 aliphatic carbocycles. The standard InChI is InChI=1S/C14H10ClF3N4O4S/c1-21-11(14(16,17)18)7-12(23)22(13(21)24)8-2-3-9(15)10(6-8)20-27(25,26)5-4-19/h2-3,6-7,20H,5H2,1H3. The van der Waals surface area contributed by atoms with Crippen molar-refractivity contribution in [3.63, 3.8) is 0 Å². The van der Waals surface area contributed by atoms with Crippen molar-refractivity contribution in [1.29, 1.82) is 5.26 Å². The SMILES string of the molecule is Cn1c(C(F)(F)F)cc(=O)n(-c2ccc(Cl)c(NS(=O)(=O)CC#N)c2)c1=O. The zero-order valence-corrected chi connectivity index (χ0v) is 15.0. The number of halogens is 4.